The van der Waals surface area contributed by atoms with Crippen LogP contribution < -0.4 is 5.32 Å². The summed E-state index contributed by atoms with van der Waals surface area (Å²) in [6.45, 7) is 8.06. The van der Waals surface area contributed by atoms with Gasteiger partial charge >= 0.3 is 0 Å². The number of rotatable bonds is 6. The lowest BCUT2D eigenvalue weighted by atomic mass is 10.0. The maximum absolute atomic E-state index is 10.3. The topological polar surface area (TPSA) is 80.9 Å². The number of hydrogen-bond donors (Lipinski definition) is 2. The van der Waals surface area contributed by atoms with Crippen molar-refractivity contribution in [1.29, 1.82) is 0 Å². The van der Waals surface area contributed by atoms with Crippen molar-refractivity contribution in [2.24, 2.45) is 10.9 Å². The molecule has 7 nitrogen and oxygen atoms in total. The fraction of sp³-hybridized carbons (Fsp3) is 0.600. The Bertz CT molecular complexity index is 555. The summed E-state index contributed by atoms with van der Waals surface area (Å²) in [6.07, 6.45) is 2.06. The summed E-state index contributed by atoms with van der Waals surface area (Å²) >= 11 is 0. The van der Waals surface area contributed by atoms with Gasteiger partial charge in [0, 0.05) is 26.3 Å². The zero-order chi connectivity index (χ0) is 16.3. The molecule has 1 aromatic rings. The maximum atomic E-state index is 10.3. The summed E-state index contributed by atoms with van der Waals surface area (Å²) in [7, 11) is 3.38. The molecule has 0 aromatic carbocycles. The second kappa shape index (κ2) is 7.04. The molecule has 0 aliphatic carbocycles. The zero-order valence-electron chi connectivity index (χ0n) is 13.5. The second-order valence-corrected chi connectivity index (χ2v) is 5.31. The van der Waals surface area contributed by atoms with Crippen LogP contribution >= 0.6 is 0 Å². The molecular formula is C15H24N4O3. The number of aliphatic imine (C=N–C) groups is 1. The highest BCUT2D eigenvalue weighted by atomic mass is 16.6. The Hall–Kier alpha value is -1.70. The molecule has 1 aliphatic heterocycles. The largest absolute Gasteiger partial charge is 0.390 e. The molecule has 0 amide bonds. The molecule has 4 atom stereocenters. The Morgan fingerprint density at radius 1 is 1.68 bits per heavy atom. The van der Waals surface area contributed by atoms with Crippen molar-refractivity contribution < 1.29 is 14.6 Å². The van der Waals surface area contributed by atoms with Crippen LogP contribution in [-0.2, 0) is 9.47 Å². The fourth-order valence-electron chi connectivity index (χ4n) is 2.63. The molecule has 0 saturated carbocycles. The molecular weight excluding hydrogens is 284 g/mol. The Kier molecular flexibility index (Phi) is 5.33. The van der Waals surface area contributed by atoms with Crippen molar-refractivity contribution in [2.75, 3.05) is 20.8 Å². The Morgan fingerprint density at radius 3 is 3.00 bits per heavy atom. The van der Waals surface area contributed by atoms with Crippen LogP contribution in [0.15, 0.2) is 17.9 Å². The molecule has 1 aromatic heterocycles. The normalized spacial score (nSPS) is 28.4. The predicted octanol–water partition coefficient (Wildman–Crippen LogP) is 1.34. The van der Waals surface area contributed by atoms with Gasteiger partial charge in [0.2, 0.25) is 0 Å². The third-order valence-corrected chi connectivity index (χ3v) is 3.90. The average molecular weight is 308 g/mol. The monoisotopic (exact) mass is 308 g/mol. The SMILES string of the molecule is C=C(NC)c1ncn(C2OC(COC)C(O)C2C)c1/N=C\C. The molecule has 0 spiro atoms. The number of hydrogen-bond acceptors (Lipinski definition) is 6. The molecule has 22 heavy (non-hydrogen) atoms. The standard InChI is InChI=1S/C15H24N4O3/c1-6-17-14-12(10(3)16-4)18-8-19(14)15-9(2)13(20)11(22-15)7-21-5/h6,8-9,11,13,15-16,20H,3,7H2,1-2,4-5H3/b17-6-. The van der Waals surface area contributed by atoms with Crippen LogP contribution in [0.4, 0.5) is 5.82 Å². The Morgan fingerprint density at radius 2 is 2.41 bits per heavy atom. The smallest absolute Gasteiger partial charge is 0.163 e. The van der Waals surface area contributed by atoms with Crippen LogP contribution in [0, 0.1) is 5.92 Å². The minimum absolute atomic E-state index is 0.101. The van der Waals surface area contributed by atoms with Gasteiger partial charge in [-0.15, -0.1) is 0 Å². The molecule has 0 radical (unpaired) electrons. The summed E-state index contributed by atoms with van der Waals surface area (Å²) in [4.78, 5) is 8.77. The van der Waals surface area contributed by atoms with Gasteiger partial charge in [0.1, 0.15) is 18.0 Å². The summed E-state index contributed by atoms with van der Waals surface area (Å²) in [6, 6.07) is 0. The highest BCUT2D eigenvalue weighted by molar-refractivity contribution is 5.70. The van der Waals surface area contributed by atoms with E-state index in [0.717, 1.165) is 0 Å². The number of aliphatic hydroxyl groups excluding tert-OH is 1. The van der Waals surface area contributed by atoms with E-state index in [4.69, 9.17) is 9.47 Å². The maximum Gasteiger partial charge on any atom is 0.163 e. The number of ether oxygens (including phenoxy) is 2. The number of nitrogens with one attached hydrogen (secondary N) is 1. The van der Waals surface area contributed by atoms with Crippen LogP contribution in [0.1, 0.15) is 25.8 Å². The van der Waals surface area contributed by atoms with E-state index in [1.54, 1.807) is 26.7 Å². The van der Waals surface area contributed by atoms with Gasteiger partial charge in [-0.2, -0.15) is 0 Å². The van der Waals surface area contributed by atoms with E-state index < -0.39 is 6.10 Å². The summed E-state index contributed by atoms with van der Waals surface area (Å²) < 4.78 is 12.9. The van der Waals surface area contributed by atoms with Crippen LogP contribution in [0.5, 0.6) is 0 Å². The molecule has 2 rings (SSSR count). The predicted molar refractivity (Wildman–Crippen MR) is 85.1 cm³/mol. The molecule has 7 heteroatoms. The molecule has 2 N–H and O–H groups in total. The molecule has 4 unspecified atom stereocenters. The number of methoxy groups -OCH3 is 1. The van der Waals surface area contributed by atoms with E-state index in [1.807, 2.05) is 18.4 Å². The van der Waals surface area contributed by atoms with Gasteiger partial charge in [0.25, 0.3) is 0 Å². The third-order valence-electron chi connectivity index (χ3n) is 3.90. The second-order valence-electron chi connectivity index (χ2n) is 5.31. The Labute approximate surface area is 130 Å². The highest BCUT2D eigenvalue weighted by Gasteiger charge is 2.42. The van der Waals surface area contributed by atoms with Crippen molar-refractivity contribution in [3.8, 4) is 0 Å². The Balaban J connectivity index is 2.36. The lowest BCUT2D eigenvalue weighted by Gasteiger charge is -2.18. The van der Waals surface area contributed by atoms with Crippen LogP contribution in [0.2, 0.25) is 0 Å². The first-order chi connectivity index (χ1) is 10.5. The minimum atomic E-state index is -0.596. The molecule has 0 bridgehead atoms. The van der Waals surface area contributed by atoms with Crippen LogP contribution in [-0.4, -0.2) is 53.8 Å². The van der Waals surface area contributed by atoms with Gasteiger partial charge in [-0.05, 0) is 6.92 Å². The number of aliphatic hydroxyl groups is 1. The first kappa shape index (κ1) is 16.7. The molecule has 1 aliphatic rings. The summed E-state index contributed by atoms with van der Waals surface area (Å²) in [5.74, 6) is 0.555. The van der Waals surface area contributed by atoms with E-state index in [-0.39, 0.29) is 18.2 Å². The lowest BCUT2D eigenvalue weighted by molar-refractivity contribution is -0.0540. The first-order valence-corrected chi connectivity index (χ1v) is 7.30. The van der Waals surface area contributed by atoms with E-state index >= 15 is 0 Å². The van der Waals surface area contributed by atoms with Crippen molar-refractivity contribution in [3.05, 3.63) is 18.6 Å². The fourth-order valence-corrected chi connectivity index (χ4v) is 2.63. The van der Waals surface area contributed by atoms with Crippen molar-refractivity contribution >= 4 is 17.7 Å². The summed E-state index contributed by atoms with van der Waals surface area (Å²) in [5.41, 5.74) is 1.35. The van der Waals surface area contributed by atoms with Gasteiger partial charge < -0.3 is 19.9 Å². The van der Waals surface area contributed by atoms with E-state index in [2.05, 4.69) is 21.9 Å². The average Bonchev–Trinajstić information content (AvgIpc) is 3.04. The van der Waals surface area contributed by atoms with Crippen LogP contribution in [0.25, 0.3) is 5.70 Å². The number of aromatic nitrogens is 2. The first-order valence-electron chi connectivity index (χ1n) is 7.30. The highest BCUT2D eigenvalue weighted by Crippen LogP contribution is 2.38. The van der Waals surface area contributed by atoms with Gasteiger partial charge in [-0.25, -0.2) is 9.98 Å². The van der Waals surface area contributed by atoms with Gasteiger partial charge in [0.05, 0.1) is 24.7 Å². The quantitative estimate of drug-likeness (QED) is 0.775. The zero-order valence-corrected chi connectivity index (χ0v) is 13.5. The van der Waals surface area contributed by atoms with Crippen molar-refractivity contribution in [2.45, 2.75) is 32.3 Å². The van der Waals surface area contributed by atoms with Crippen LogP contribution in [0.3, 0.4) is 0 Å². The van der Waals surface area contributed by atoms with Crippen molar-refractivity contribution in [1.82, 2.24) is 14.9 Å². The molecule has 122 valence electrons. The van der Waals surface area contributed by atoms with E-state index in [1.165, 1.54) is 0 Å². The van der Waals surface area contributed by atoms with E-state index in [0.29, 0.717) is 23.8 Å². The van der Waals surface area contributed by atoms with Gasteiger partial charge in [-0.3, -0.25) is 4.57 Å². The van der Waals surface area contributed by atoms with Gasteiger partial charge in [-0.1, -0.05) is 13.5 Å². The minimum Gasteiger partial charge on any atom is -0.390 e. The summed E-state index contributed by atoms with van der Waals surface area (Å²) in [5, 5.41) is 13.3. The van der Waals surface area contributed by atoms with E-state index in [9.17, 15) is 5.11 Å². The molecule has 2 heterocycles. The number of imidazole rings is 1. The van der Waals surface area contributed by atoms with Crippen molar-refractivity contribution in [3.63, 3.8) is 0 Å². The molecule has 1 fully saturated rings. The number of nitrogens with zero attached hydrogens (tertiary/aromatic N) is 3. The third kappa shape index (κ3) is 2.92. The van der Waals surface area contributed by atoms with Gasteiger partial charge in [0.15, 0.2) is 5.82 Å². The lowest BCUT2D eigenvalue weighted by Crippen LogP contribution is -2.28. The molecule has 1 saturated heterocycles.